The van der Waals surface area contributed by atoms with Crippen molar-refractivity contribution in [1.29, 1.82) is 0 Å². The van der Waals surface area contributed by atoms with Gasteiger partial charge < -0.3 is 10.4 Å². The van der Waals surface area contributed by atoms with Gasteiger partial charge in [-0.15, -0.1) is 0 Å². The zero-order chi connectivity index (χ0) is 10.8. The van der Waals surface area contributed by atoms with E-state index in [9.17, 15) is 5.11 Å². The minimum Gasteiger partial charge on any atom is -0.392 e. The van der Waals surface area contributed by atoms with Gasteiger partial charge in [0, 0.05) is 18.3 Å². The fourth-order valence-corrected chi connectivity index (χ4v) is 1.73. The quantitative estimate of drug-likeness (QED) is 0.708. The molecule has 0 bridgehead atoms. The lowest BCUT2D eigenvalue weighted by Gasteiger charge is -2.09. The molecule has 2 N–H and O–H groups in total. The lowest BCUT2D eigenvalue weighted by atomic mass is 9.92. The molecule has 15 heavy (non-hydrogen) atoms. The molecule has 0 aliphatic heterocycles. The molecule has 2 aromatic rings. The number of anilines is 1. The molecule has 0 amide bonds. The molecule has 0 aromatic heterocycles. The largest absolute Gasteiger partial charge is 0.392 e. The number of aliphatic hydroxyl groups is 1. The maximum atomic E-state index is 9.21. The van der Waals surface area contributed by atoms with E-state index in [1.54, 1.807) is 0 Å². The highest BCUT2D eigenvalue weighted by atomic mass is 16.3. The van der Waals surface area contributed by atoms with Crippen molar-refractivity contribution >= 4 is 29.8 Å². The van der Waals surface area contributed by atoms with Gasteiger partial charge in [-0.3, -0.25) is 0 Å². The molecule has 2 radical (unpaired) electrons. The predicted octanol–water partition coefficient (Wildman–Crippen LogP) is 1.17. The summed E-state index contributed by atoms with van der Waals surface area (Å²) in [6.45, 7) is 0.0287. The first-order valence-corrected chi connectivity index (χ1v) is 4.85. The van der Waals surface area contributed by atoms with Crippen LogP contribution in [0.3, 0.4) is 0 Å². The van der Waals surface area contributed by atoms with Crippen LogP contribution in [0.25, 0.3) is 10.8 Å². The van der Waals surface area contributed by atoms with Crippen LogP contribution in [-0.2, 0) is 6.61 Å². The van der Waals surface area contributed by atoms with E-state index in [0.717, 1.165) is 27.5 Å². The smallest absolute Gasteiger partial charge is 0.113 e. The van der Waals surface area contributed by atoms with Gasteiger partial charge in [0.25, 0.3) is 0 Å². The average Bonchev–Trinajstić information content (AvgIpc) is 2.27. The zero-order valence-electron chi connectivity index (χ0n) is 8.62. The Morgan fingerprint density at radius 2 is 2.00 bits per heavy atom. The molecule has 0 aliphatic rings. The summed E-state index contributed by atoms with van der Waals surface area (Å²) in [7, 11) is 7.55. The molecule has 3 heteroatoms. The topological polar surface area (TPSA) is 32.3 Å². The first-order valence-electron chi connectivity index (χ1n) is 4.85. The molecular formula is C12H12BNO. The van der Waals surface area contributed by atoms with Gasteiger partial charge in [-0.2, -0.15) is 0 Å². The van der Waals surface area contributed by atoms with E-state index in [2.05, 4.69) is 5.32 Å². The maximum Gasteiger partial charge on any atom is 0.113 e. The maximum absolute atomic E-state index is 9.21. The summed E-state index contributed by atoms with van der Waals surface area (Å²) in [5.41, 5.74) is 2.58. The van der Waals surface area contributed by atoms with Gasteiger partial charge >= 0.3 is 0 Å². The van der Waals surface area contributed by atoms with Crippen molar-refractivity contribution in [1.82, 2.24) is 0 Å². The van der Waals surface area contributed by atoms with Gasteiger partial charge in [0.05, 0.1) is 6.61 Å². The van der Waals surface area contributed by atoms with Crippen LogP contribution in [0.2, 0.25) is 0 Å². The highest BCUT2D eigenvalue weighted by Crippen LogP contribution is 2.23. The van der Waals surface area contributed by atoms with Crippen LogP contribution in [0, 0.1) is 0 Å². The van der Waals surface area contributed by atoms with E-state index in [1.807, 2.05) is 37.4 Å². The lowest BCUT2D eigenvalue weighted by molar-refractivity contribution is 0.282. The van der Waals surface area contributed by atoms with Gasteiger partial charge in [-0.1, -0.05) is 23.7 Å². The normalized spacial score (nSPS) is 10.5. The molecule has 0 aliphatic carbocycles. The molecule has 0 atom stereocenters. The molecule has 74 valence electrons. The van der Waals surface area contributed by atoms with E-state index < -0.39 is 0 Å². The number of benzene rings is 2. The number of nitrogens with one attached hydrogen (secondary N) is 1. The minimum absolute atomic E-state index is 0.0287. The van der Waals surface area contributed by atoms with Crippen LogP contribution in [0.5, 0.6) is 0 Å². The van der Waals surface area contributed by atoms with Gasteiger partial charge in [-0.25, -0.2) is 0 Å². The molecule has 0 spiro atoms. The van der Waals surface area contributed by atoms with Crippen LogP contribution in [0.4, 0.5) is 5.69 Å². The summed E-state index contributed by atoms with van der Waals surface area (Å²) >= 11 is 0. The zero-order valence-corrected chi connectivity index (χ0v) is 8.62. The summed E-state index contributed by atoms with van der Waals surface area (Å²) in [5, 5.41) is 14.4. The molecule has 0 saturated carbocycles. The van der Waals surface area contributed by atoms with E-state index >= 15 is 0 Å². The Hall–Kier alpha value is -1.48. The Labute approximate surface area is 90.3 Å². The van der Waals surface area contributed by atoms with Crippen LogP contribution >= 0.6 is 0 Å². The summed E-state index contributed by atoms with van der Waals surface area (Å²) in [4.78, 5) is 0. The minimum atomic E-state index is 0.0287. The number of hydrogen-bond acceptors (Lipinski definition) is 2. The second-order valence-electron chi connectivity index (χ2n) is 3.52. The Bertz CT molecular complexity index is 496. The summed E-state index contributed by atoms with van der Waals surface area (Å²) in [6, 6.07) is 9.73. The number of aliphatic hydroxyl groups excluding tert-OH is 1. The van der Waals surface area contributed by atoms with Gasteiger partial charge in [0.15, 0.2) is 0 Å². The third-order valence-electron chi connectivity index (χ3n) is 2.53. The number of fused-ring (bicyclic) bond motifs is 1. The molecule has 0 fully saturated rings. The molecule has 2 nitrogen and oxygen atoms in total. The second kappa shape index (κ2) is 3.95. The van der Waals surface area contributed by atoms with Crippen LogP contribution in [-0.4, -0.2) is 20.0 Å². The fourth-order valence-electron chi connectivity index (χ4n) is 1.73. The first kappa shape index (κ1) is 10.1. The first-order chi connectivity index (χ1) is 7.24. The van der Waals surface area contributed by atoms with Crippen molar-refractivity contribution in [2.45, 2.75) is 6.61 Å². The molecule has 0 unspecified atom stereocenters. The van der Waals surface area contributed by atoms with Crippen molar-refractivity contribution in [3.8, 4) is 0 Å². The molecule has 0 heterocycles. The summed E-state index contributed by atoms with van der Waals surface area (Å²) in [5.74, 6) is 0. The van der Waals surface area contributed by atoms with Crippen LogP contribution < -0.4 is 10.8 Å². The van der Waals surface area contributed by atoms with Crippen molar-refractivity contribution in [2.24, 2.45) is 0 Å². The van der Waals surface area contributed by atoms with Crippen molar-refractivity contribution in [3.05, 3.63) is 35.9 Å². The monoisotopic (exact) mass is 197 g/mol. The van der Waals surface area contributed by atoms with Gasteiger partial charge in [-0.05, 0) is 22.9 Å². The van der Waals surface area contributed by atoms with Crippen molar-refractivity contribution in [3.63, 3.8) is 0 Å². The molecular weight excluding hydrogens is 185 g/mol. The summed E-state index contributed by atoms with van der Waals surface area (Å²) < 4.78 is 0. The van der Waals surface area contributed by atoms with Crippen molar-refractivity contribution < 1.29 is 5.11 Å². The molecule has 2 rings (SSSR count). The van der Waals surface area contributed by atoms with Gasteiger partial charge in [0.2, 0.25) is 0 Å². The molecule has 2 aromatic carbocycles. The number of rotatable bonds is 2. The van der Waals surface area contributed by atoms with Crippen LogP contribution in [0.1, 0.15) is 5.56 Å². The fraction of sp³-hybridized carbons (Fsp3) is 0.167. The highest BCUT2D eigenvalue weighted by molar-refractivity contribution is 6.33. The second-order valence-corrected chi connectivity index (χ2v) is 3.52. The lowest BCUT2D eigenvalue weighted by Crippen LogP contribution is -2.01. The standard InChI is InChI=1S/C12H12BNO/c1-14-12-6-8-2-3-11(13)5-9(8)4-10(12)7-15/h2-6,14-15H,7H2,1H3. The third kappa shape index (κ3) is 1.83. The van der Waals surface area contributed by atoms with E-state index in [1.165, 1.54) is 0 Å². The van der Waals surface area contributed by atoms with Gasteiger partial charge in [0.1, 0.15) is 7.85 Å². The van der Waals surface area contributed by atoms with Crippen LogP contribution in [0.15, 0.2) is 30.3 Å². The molecule has 0 saturated heterocycles. The van der Waals surface area contributed by atoms with E-state index in [4.69, 9.17) is 7.85 Å². The number of hydrogen-bond donors (Lipinski definition) is 2. The SMILES string of the molecule is [B]c1ccc2cc(NC)c(CO)cc2c1. The van der Waals surface area contributed by atoms with E-state index in [0.29, 0.717) is 0 Å². The average molecular weight is 197 g/mol. The van der Waals surface area contributed by atoms with E-state index in [-0.39, 0.29) is 6.61 Å². The Kier molecular flexibility index (Phi) is 2.65. The summed E-state index contributed by atoms with van der Waals surface area (Å²) in [6.07, 6.45) is 0. The predicted molar refractivity (Wildman–Crippen MR) is 64.8 cm³/mol. The highest BCUT2D eigenvalue weighted by Gasteiger charge is 2.02. The third-order valence-corrected chi connectivity index (χ3v) is 2.53. The Morgan fingerprint density at radius 3 is 2.67 bits per heavy atom. The Balaban J connectivity index is 2.69. The Morgan fingerprint density at radius 1 is 1.20 bits per heavy atom. The van der Waals surface area contributed by atoms with Crippen molar-refractivity contribution in [2.75, 3.05) is 12.4 Å².